The molecule has 2 aromatic rings. The number of rotatable bonds is 6. The number of pyridine rings is 1. The van der Waals surface area contributed by atoms with Gasteiger partial charge in [0.15, 0.2) is 5.82 Å². The molecule has 0 aliphatic heterocycles. The highest BCUT2D eigenvalue weighted by Crippen LogP contribution is 2.31. The third kappa shape index (κ3) is 3.84. The van der Waals surface area contributed by atoms with Crippen LogP contribution in [0.4, 0.5) is 0 Å². The van der Waals surface area contributed by atoms with Crippen molar-refractivity contribution in [3.05, 3.63) is 34.3 Å². The average Bonchev–Trinajstić information content (AvgIpc) is 2.93. The predicted molar refractivity (Wildman–Crippen MR) is 78.5 cm³/mol. The third-order valence-electron chi connectivity index (χ3n) is 3.37. The lowest BCUT2D eigenvalue weighted by Gasteiger charge is -2.24. The summed E-state index contributed by atoms with van der Waals surface area (Å²) in [6.45, 7) is 3.76. The number of hydrogen-bond donors (Lipinski definition) is 2. The molecule has 7 nitrogen and oxygen atoms in total. The van der Waals surface area contributed by atoms with Gasteiger partial charge in [-0.2, -0.15) is 5.21 Å². The zero-order chi connectivity index (χ0) is 15.4. The van der Waals surface area contributed by atoms with Crippen molar-refractivity contribution in [3.63, 3.8) is 0 Å². The Labute approximate surface area is 130 Å². The molecule has 0 saturated carbocycles. The van der Waals surface area contributed by atoms with Crippen molar-refractivity contribution in [3.8, 4) is 0 Å². The lowest BCUT2D eigenvalue weighted by molar-refractivity contribution is -0.144. The second-order valence-corrected chi connectivity index (χ2v) is 5.99. The lowest BCUT2D eigenvalue weighted by atomic mass is 9.79. The van der Waals surface area contributed by atoms with E-state index in [1.165, 1.54) is 0 Å². The van der Waals surface area contributed by atoms with E-state index in [0.717, 1.165) is 10.2 Å². The molecule has 2 atom stereocenters. The fourth-order valence-corrected chi connectivity index (χ4v) is 2.64. The highest BCUT2D eigenvalue weighted by molar-refractivity contribution is 9.10. The number of carboxylic acids is 1. The first kappa shape index (κ1) is 15.6. The highest BCUT2D eigenvalue weighted by atomic mass is 79.9. The van der Waals surface area contributed by atoms with Crippen molar-refractivity contribution in [1.82, 2.24) is 25.6 Å². The van der Waals surface area contributed by atoms with E-state index in [2.05, 4.69) is 41.5 Å². The zero-order valence-electron chi connectivity index (χ0n) is 11.7. The van der Waals surface area contributed by atoms with Crippen LogP contribution in [0.5, 0.6) is 0 Å². The number of carboxylic acid groups (broad SMARTS) is 1. The van der Waals surface area contributed by atoms with E-state index in [1.54, 1.807) is 6.20 Å². The maximum atomic E-state index is 11.6. The van der Waals surface area contributed by atoms with Crippen molar-refractivity contribution in [2.24, 2.45) is 11.8 Å². The summed E-state index contributed by atoms with van der Waals surface area (Å²) in [5.41, 5.74) is 0.930. The van der Waals surface area contributed by atoms with Gasteiger partial charge in [0.1, 0.15) is 4.60 Å². The molecule has 0 aromatic carbocycles. The second kappa shape index (κ2) is 6.75. The van der Waals surface area contributed by atoms with Crippen LogP contribution < -0.4 is 0 Å². The lowest BCUT2D eigenvalue weighted by Crippen LogP contribution is -2.29. The summed E-state index contributed by atoms with van der Waals surface area (Å²) in [4.78, 5) is 15.8. The Morgan fingerprint density at radius 3 is 2.67 bits per heavy atom. The number of nitrogens with zero attached hydrogens (tertiary/aromatic N) is 4. The Morgan fingerprint density at radius 2 is 2.19 bits per heavy atom. The van der Waals surface area contributed by atoms with Crippen LogP contribution in [0.15, 0.2) is 22.9 Å². The molecule has 0 fully saturated rings. The normalized spacial score (nSPS) is 14.1. The zero-order valence-corrected chi connectivity index (χ0v) is 13.3. The molecular weight excluding hydrogens is 338 g/mol. The van der Waals surface area contributed by atoms with E-state index in [4.69, 9.17) is 0 Å². The van der Waals surface area contributed by atoms with Crippen LogP contribution in [0, 0.1) is 11.8 Å². The first-order valence-electron chi connectivity index (χ1n) is 6.55. The molecule has 0 saturated heterocycles. The number of aromatic nitrogens is 5. The van der Waals surface area contributed by atoms with Gasteiger partial charge >= 0.3 is 5.97 Å². The van der Waals surface area contributed by atoms with Gasteiger partial charge in [-0.1, -0.05) is 25.1 Å². The number of halogens is 1. The van der Waals surface area contributed by atoms with Gasteiger partial charge in [0.05, 0.1) is 5.92 Å². The summed E-state index contributed by atoms with van der Waals surface area (Å²) < 4.78 is 0.737. The second-order valence-electron chi connectivity index (χ2n) is 5.18. The van der Waals surface area contributed by atoms with E-state index in [0.29, 0.717) is 12.2 Å². The number of tetrazole rings is 1. The monoisotopic (exact) mass is 353 g/mol. The van der Waals surface area contributed by atoms with Gasteiger partial charge in [-0.15, -0.1) is 10.2 Å². The number of hydrogen-bond acceptors (Lipinski definition) is 5. The summed E-state index contributed by atoms with van der Waals surface area (Å²) in [6, 6.07) is 3.73. The molecule has 2 rings (SSSR count). The SMILES string of the molecule is CC(C)C(C(=O)O)[C@H](Cc1ccc(Br)nc1)c1nn[nH]n1. The number of carbonyl (C=O) groups is 1. The number of aliphatic carboxylic acids is 1. The molecule has 112 valence electrons. The largest absolute Gasteiger partial charge is 0.481 e. The van der Waals surface area contributed by atoms with Crippen molar-refractivity contribution >= 4 is 21.9 Å². The van der Waals surface area contributed by atoms with E-state index in [1.807, 2.05) is 26.0 Å². The summed E-state index contributed by atoms with van der Waals surface area (Å²) in [6.07, 6.45) is 2.21. The van der Waals surface area contributed by atoms with Crippen molar-refractivity contribution in [1.29, 1.82) is 0 Å². The first-order chi connectivity index (χ1) is 9.99. The van der Waals surface area contributed by atoms with Gasteiger partial charge in [-0.3, -0.25) is 4.79 Å². The summed E-state index contributed by atoms with van der Waals surface area (Å²) >= 11 is 3.28. The van der Waals surface area contributed by atoms with Crippen LogP contribution >= 0.6 is 15.9 Å². The van der Waals surface area contributed by atoms with Crippen molar-refractivity contribution in [2.75, 3.05) is 0 Å². The molecule has 21 heavy (non-hydrogen) atoms. The van der Waals surface area contributed by atoms with Crippen molar-refractivity contribution < 1.29 is 9.90 Å². The molecule has 0 aliphatic rings. The molecule has 0 amide bonds. The number of nitrogens with one attached hydrogen (secondary N) is 1. The topological polar surface area (TPSA) is 105 Å². The maximum absolute atomic E-state index is 11.6. The third-order valence-corrected chi connectivity index (χ3v) is 3.84. The van der Waals surface area contributed by atoms with Gasteiger partial charge in [0.2, 0.25) is 0 Å². The minimum absolute atomic E-state index is 0.0468. The van der Waals surface area contributed by atoms with E-state index < -0.39 is 11.9 Å². The van der Waals surface area contributed by atoms with E-state index >= 15 is 0 Å². The van der Waals surface area contributed by atoms with Crippen LogP contribution in [-0.2, 0) is 11.2 Å². The Morgan fingerprint density at radius 1 is 1.43 bits per heavy atom. The van der Waals surface area contributed by atoms with Crippen LogP contribution in [0.2, 0.25) is 0 Å². The van der Waals surface area contributed by atoms with Gasteiger partial charge in [0, 0.05) is 12.1 Å². The standard InChI is InChI=1S/C13H16BrN5O2/c1-7(2)11(13(20)21)9(12-16-18-19-17-12)5-8-3-4-10(14)15-6-8/h3-4,6-7,9,11H,5H2,1-2H3,(H,20,21)(H,16,17,18,19)/t9-,11?/m0/s1. The van der Waals surface area contributed by atoms with Crippen LogP contribution in [0.1, 0.15) is 31.2 Å². The number of aromatic amines is 1. The molecular formula is C13H16BrN5O2. The molecule has 0 bridgehead atoms. The van der Waals surface area contributed by atoms with Gasteiger partial charge in [-0.25, -0.2) is 4.98 Å². The Balaban J connectivity index is 2.32. The minimum Gasteiger partial charge on any atom is -0.481 e. The molecule has 2 N–H and O–H groups in total. The average molecular weight is 354 g/mol. The molecule has 2 aromatic heterocycles. The maximum Gasteiger partial charge on any atom is 0.307 e. The Hall–Kier alpha value is -1.83. The molecule has 0 aliphatic carbocycles. The predicted octanol–water partition coefficient (Wildman–Crippen LogP) is 2.04. The molecule has 8 heteroatoms. The fraction of sp³-hybridized carbons (Fsp3) is 0.462. The van der Waals surface area contributed by atoms with Crippen molar-refractivity contribution in [2.45, 2.75) is 26.2 Å². The summed E-state index contributed by atoms with van der Waals surface area (Å²) in [5, 5.41) is 23.4. The smallest absolute Gasteiger partial charge is 0.307 e. The summed E-state index contributed by atoms with van der Waals surface area (Å²) in [7, 11) is 0. The Kier molecular flexibility index (Phi) is 5.00. The van der Waals surface area contributed by atoms with E-state index in [9.17, 15) is 9.90 Å². The Bertz CT molecular complexity index is 585. The van der Waals surface area contributed by atoms with Crippen LogP contribution in [0.25, 0.3) is 0 Å². The number of H-pyrrole nitrogens is 1. The van der Waals surface area contributed by atoms with E-state index in [-0.39, 0.29) is 11.8 Å². The fourth-order valence-electron chi connectivity index (χ4n) is 2.41. The molecule has 0 spiro atoms. The van der Waals surface area contributed by atoms with Gasteiger partial charge < -0.3 is 5.11 Å². The van der Waals surface area contributed by atoms with Gasteiger partial charge in [-0.05, 0) is 39.9 Å². The molecule has 2 heterocycles. The minimum atomic E-state index is -0.857. The first-order valence-corrected chi connectivity index (χ1v) is 7.35. The quantitative estimate of drug-likeness (QED) is 0.770. The highest BCUT2D eigenvalue weighted by Gasteiger charge is 2.34. The van der Waals surface area contributed by atoms with Crippen LogP contribution in [-0.4, -0.2) is 36.7 Å². The molecule has 0 radical (unpaired) electrons. The van der Waals surface area contributed by atoms with Crippen LogP contribution in [0.3, 0.4) is 0 Å². The molecule has 1 unspecified atom stereocenters. The van der Waals surface area contributed by atoms with Gasteiger partial charge in [0.25, 0.3) is 0 Å². The summed E-state index contributed by atoms with van der Waals surface area (Å²) in [5.74, 6) is -1.44.